The third-order valence-corrected chi connectivity index (χ3v) is 4.96. The molecule has 3 nitrogen and oxygen atoms in total. The molecule has 1 aliphatic carbocycles. The summed E-state index contributed by atoms with van der Waals surface area (Å²) in [5.41, 5.74) is 13.8. The van der Waals surface area contributed by atoms with Gasteiger partial charge in [0.25, 0.3) is 0 Å². The molecule has 2 aromatic heterocycles. The molecule has 0 aromatic carbocycles. The minimum Gasteiger partial charge on any atom is -0.398 e. The van der Waals surface area contributed by atoms with Crippen LogP contribution >= 0.6 is 0 Å². The van der Waals surface area contributed by atoms with E-state index in [-0.39, 0.29) is 0 Å². The van der Waals surface area contributed by atoms with Crippen LogP contribution in [0.1, 0.15) is 54.6 Å². The van der Waals surface area contributed by atoms with E-state index < -0.39 is 0 Å². The number of rotatable bonds is 2. The summed E-state index contributed by atoms with van der Waals surface area (Å²) in [6.07, 6.45) is 8.14. The van der Waals surface area contributed by atoms with Gasteiger partial charge in [0.2, 0.25) is 0 Å². The maximum atomic E-state index is 6.57. The first kappa shape index (κ1) is 14.4. The maximum absolute atomic E-state index is 6.57. The number of aryl methyl sites for hydroxylation is 3. The fourth-order valence-corrected chi connectivity index (χ4v) is 3.65. The zero-order valence-electron chi connectivity index (χ0n) is 13.3. The Kier molecular flexibility index (Phi) is 3.92. The van der Waals surface area contributed by atoms with E-state index in [4.69, 9.17) is 10.7 Å². The Balaban J connectivity index is 2.27. The van der Waals surface area contributed by atoms with Gasteiger partial charge >= 0.3 is 0 Å². The van der Waals surface area contributed by atoms with E-state index in [1.807, 2.05) is 0 Å². The molecule has 2 aromatic rings. The Hall–Kier alpha value is -1.51. The van der Waals surface area contributed by atoms with Crippen LogP contribution in [-0.2, 0) is 19.4 Å². The van der Waals surface area contributed by atoms with Gasteiger partial charge in [-0.3, -0.25) is 0 Å². The van der Waals surface area contributed by atoms with Crippen molar-refractivity contribution < 1.29 is 0 Å². The number of nitrogens with two attached hydrogens (primary N) is 1. The molecule has 1 radical (unpaired) electrons. The van der Waals surface area contributed by atoms with E-state index in [9.17, 15) is 0 Å². The summed E-state index contributed by atoms with van der Waals surface area (Å²) in [7, 11) is 0. The number of aromatic nitrogens is 2. The molecule has 21 heavy (non-hydrogen) atoms. The minimum absolute atomic E-state index is 0.878. The highest BCUT2D eigenvalue weighted by Crippen LogP contribution is 2.34. The SMILES string of the molecule is [CH2]CCn1c(C)c(C)c2c(N)c3c(nc21)CCCCCC3. The molecule has 0 atom stereocenters. The summed E-state index contributed by atoms with van der Waals surface area (Å²) in [6.45, 7) is 9.26. The first-order valence-corrected chi connectivity index (χ1v) is 8.21. The molecular formula is C18H26N3. The first-order chi connectivity index (χ1) is 10.1. The minimum atomic E-state index is 0.878. The van der Waals surface area contributed by atoms with Crippen LogP contribution < -0.4 is 5.73 Å². The molecule has 0 aliphatic heterocycles. The number of pyridine rings is 1. The quantitative estimate of drug-likeness (QED) is 0.901. The summed E-state index contributed by atoms with van der Waals surface area (Å²) in [4.78, 5) is 5.03. The average Bonchev–Trinajstić information content (AvgIpc) is 2.66. The van der Waals surface area contributed by atoms with Crippen molar-refractivity contribution in [2.75, 3.05) is 5.73 Å². The van der Waals surface area contributed by atoms with Crippen molar-refractivity contribution in [3.05, 3.63) is 29.4 Å². The third-order valence-electron chi connectivity index (χ3n) is 4.96. The second-order valence-corrected chi connectivity index (χ2v) is 6.28. The third kappa shape index (κ3) is 2.33. The van der Waals surface area contributed by atoms with Crippen LogP contribution in [0.15, 0.2) is 0 Å². The predicted molar refractivity (Wildman–Crippen MR) is 89.5 cm³/mol. The van der Waals surface area contributed by atoms with E-state index in [0.717, 1.165) is 37.1 Å². The molecule has 0 fully saturated rings. The Morgan fingerprint density at radius 2 is 1.86 bits per heavy atom. The van der Waals surface area contributed by atoms with Crippen molar-refractivity contribution in [2.45, 2.75) is 65.3 Å². The number of hydrogen-bond acceptors (Lipinski definition) is 2. The molecular weight excluding hydrogens is 258 g/mol. The Bertz CT molecular complexity index is 667. The molecule has 3 heteroatoms. The fraction of sp³-hybridized carbons (Fsp3) is 0.556. The monoisotopic (exact) mass is 284 g/mol. The van der Waals surface area contributed by atoms with Gasteiger partial charge in [-0.15, -0.1) is 0 Å². The van der Waals surface area contributed by atoms with E-state index in [2.05, 4.69) is 25.3 Å². The standard InChI is InChI=1S/C18H26N3/c1-4-11-21-13(3)12(2)16-17(19)14-9-7-5-6-8-10-15(14)20-18(16)21/h1,4-11H2,2-3H3,(H2,19,20). The van der Waals surface area contributed by atoms with Gasteiger partial charge in [-0.1, -0.05) is 19.8 Å². The number of nitrogens with zero attached hydrogens (tertiary/aromatic N) is 2. The van der Waals surface area contributed by atoms with E-state index in [1.54, 1.807) is 0 Å². The molecule has 2 N–H and O–H groups in total. The molecule has 1 aliphatic rings. The molecule has 0 amide bonds. The normalized spacial score (nSPS) is 15.8. The van der Waals surface area contributed by atoms with Gasteiger partial charge in [-0.25, -0.2) is 4.98 Å². The molecule has 0 bridgehead atoms. The second kappa shape index (κ2) is 5.70. The fourth-order valence-electron chi connectivity index (χ4n) is 3.65. The highest BCUT2D eigenvalue weighted by molar-refractivity contribution is 5.95. The van der Waals surface area contributed by atoms with Gasteiger partial charge in [0.1, 0.15) is 5.65 Å². The van der Waals surface area contributed by atoms with Crippen molar-refractivity contribution in [2.24, 2.45) is 0 Å². The van der Waals surface area contributed by atoms with Crippen LogP contribution in [0.2, 0.25) is 0 Å². The Morgan fingerprint density at radius 1 is 1.14 bits per heavy atom. The van der Waals surface area contributed by atoms with Gasteiger partial charge in [0.05, 0.1) is 0 Å². The second-order valence-electron chi connectivity index (χ2n) is 6.28. The summed E-state index contributed by atoms with van der Waals surface area (Å²) < 4.78 is 2.30. The highest BCUT2D eigenvalue weighted by Gasteiger charge is 2.20. The van der Waals surface area contributed by atoms with Crippen LogP contribution in [0.3, 0.4) is 0 Å². The molecule has 2 heterocycles. The lowest BCUT2D eigenvalue weighted by Gasteiger charge is -2.17. The first-order valence-electron chi connectivity index (χ1n) is 8.21. The van der Waals surface area contributed by atoms with Gasteiger partial charge in [-0.2, -0.15) is 0 Å². The Morgan fingerprint density at radius 3 is 2.57 bits per heavy atom. The van der Waals surface area contributed by atoms with Crippen molar-refractivity contribution in [3.63, 3.8) is 0 Å². The predicted octanol–water partition coefficient (Wildman–Crippen LogP) is 4.12. The zero-order chi connectivity index (χ0) is 15.0. The average molecular weight is 284 g/mol. The number of anilines is 1. The molecule has 0 saturated heterocycles. The molecule has 3 rings (SSSR count). The summed E-state index contributed by atoms with van der Waals surface area (Å²) in [6, 6.07) is 0. The number of fused-ring (bicyclic) bond motifs is 2. The zero-order valence-corrected chi connectivity index (χ0v) is 13.3. The van der Waals surface area contributed by atoms with Crippen LogP contribution in [0.5, 0.6) is 0 Å². The van der Waals surface area contributed by atoms with E-state index >= 15 is 0 Å². The highest BCUT2D eigenvalue weighted by atomic mass is 15.1. The van der Waals surface area contributed by atoms with Crippen molar-refractivity contribution >= 4 is 16.7 Å². The van der Waals surface area contributed by atoms with Crippen molar-refractivity contribution in [1.29, 1.82) is 0 Å². The van der Waals surface area contributed by atoms with Gasteiger partial charge in [-0.05, 0) is 57.1 Å². The van der Waals surface area contributed by atoms with Gasteiger partial charge < -0.3 is 10.3 Å². The Labute approximate surface area is 127 Å². The maximum Gasteiger partial charge on any atom is 0.142 e. The molecule has 0 unspecified atom stereocenters. The molecule has 0 spiro atoms. The lowest BCUT2D eigenvalue weighted by molar-refractivity contribution is 0.609. The van der Waals surface area contributed by atoms with Crippen LogP contribution in [0.4, 0.5) is 5.69 Å². The molecule has 0 saturated carbocycles. The van der Waals surface area contributed by atoms with E-state index in [0.29, 0.717) is 0 Å². The topological polar surface area (TPSA) is 43.8 Å². The lowest BCUT2D eigenvalue weighted by atomic mass is 9.94. The van der Waals surface area contributed by atoms with Crippen molar-refractivity contribution in [3.8, 4) is 0 Å². The van der Waals surface area contributed by atoms with Crippen LogP contribution in [0, 0.1) is 20.8 Å². The molecule has 113 valence electrons. The number of hydrogen-bond donors (Lipinski definition) is 1. The van der Waals surface area contributed by atoms with Crippen molar-refractivity contribution in [1.82, 2.24) is 9.55 Å². The summed E-state index contributed by atoms with van der Waals surface area (Å²) in [5.74, 6) is 0. The summed E-state index contributed by atoms with van der Waals surface area (Å²) in [5, 5.41) is 1.18. The van der Waals surface area contributed by atoms with Gasteiger partial charge in [0, 0.05) is 29.0 Å². The van der Waals surface area contributed by atoms with Gasteiger partial charge in [0.15, 0.2) is 0 Å². The van der Waals surface area contributed by atoms with Crippen LogP contribution in [0.25, 0.3) is 11.0 Å². The largest absolute Gasteiger partial charge is 0.398 e. The lowest BCUT2D eigenvalue weighted by Crippen LogP contribution is -2.09. The number of nitrogen functional groups attached to an aromatic ring is 1. The van der Waals surface area contributed by atoms with E-state index in [1.165, 1.54) is 53.6 Å². The van der Waals surface area contributed by atoms with Crippen LogP contribution in [-0.4, -0.2) is 9.55 Å². The summed E-state index contributed by atoms with van der Waals surface area (Å²) >= 11 is 0. The smallest absolute Gasteiger partial charge is 0.142 e.